The lowest BCUT2D eigenvalue weighted by Crippen LogP contribution is -2.31. The second-order valence-corrected chi connectivity index (χ2v) is 3.90. The molecular formula is C12H22N4. The maximum absolute atomic E-state index is 5.58. The Morgan fingerprint density at radius 3 is 2.56 bits per heavy atom. The van der Waals surface area contributed by atoms with Crippen LogP contribution in [0.25, 0.3) is 0 Å². The fourth-order valence-corrected chi connectivity index (χ4v) is 1.75. The third kappa shape index (κ3) is 5.19. The van der Waals surface area contributed by atoms with Gasteiger partial charge in [-0.25, -0.2) is 9.97 Å². The Bertz CT molecular complexity index is 257. The smallest absolute Gasteiger partial charge is 0.128 e. The van der Waals surface area contributed by atoms with Gasteiger partial charge in [0.05, 0.1) is 0 Å². The molecule has 1 aromatic heterocycles. The van der Waals surface area contributed by atoms with E-state index in [1.54, 1.807) is 12.4 Å². The van der Waals surface area contributed by atoms with E-state index in [9.17, 15) is 0 Å². The Labute approximate surface area is 97.9 Å². The standard InChI is InChI=1S/C12H22N4/c1-2-9-16(11-6-13)10-3-5-12-14-7-4-8-15-12/h4,7-8H,2-3,5-6,9-11,13H2,1H3. The first-order chi connectivity index (χ1) is 7.86. The predicted molar refractivity (Wildman–Crippen MR) is 66.1 cm³/mol. The molecule has 0 saturated heterocycles. The number of hydrogen-bond donors (Lipinski definition) is 1. The molecule has 0 radical (unpaired) electrons. The lowest BCUT2D eigenvalue weighted by atomic mass is 10.2. The van der Waals surface area contributed by atoms with Crippen LogP contribution in [-0.2, 0) is 6.42 Å². The number of hydrogen-bond acceptors (Lipinski definition) is 4. The van der Waals surface area contributed by atoms with Gasteiger partial charge in [-0.3, -0.25) is 0 Å². The molecule has 2 N–H and O–H groups in total. The van der Waals surface area contributed by atoms with E-state index in [0.717, 1.165) is 44.8 Å². The molecule has 0 aliphatic rings. The van der Waals surface area contributed by atoms with Crippen molar-refractivity contribution < 1.29 is 0 Å². The summed E-state index contributed by atoms with van der Waals surface area (Å²) in [6, 6.07) is 1.85. The van der Waals surface area contributed by atoms with Gasteiger partial charge in [0.2, 0.25) is 0 Å². The first-order valence-electron chi connectivity index (χ1n) is 6.05. The molecule has 0 aromatic carbocycles. The van der Waals surface area contributed by atoms with E-state index in [0.29, 0.717) is 0 Å². The van der Waals surface area contributed by atoms with Crippen molar-refractivity contribution >= 4 is 0 Å². The van der Waals surface area contributed by atoms with Crippen LogP contribution in [0.5, 0.6) is 0 Å². The molecule has 0 bridgehead atoms. The Hall–Kier alpha value is -1.00. The second kappa shape index (κ2) is 8.19. The number of rotatable bonds is 8. The Morgan fingerprint density at radius 2 is 1.94 bits per heavy atom. The molecule has 0 amide bonds. The van der Waals surface area contributed by atoms with E-state index in [1.807, 2.05) is 6.07 Å². The summed E-state index contributed by atoms with van der Waals surface area (Å²) >= 11 is 0. The summed E-state index contributed by atoms with van der Waals surface area (Å²) in [5.74, 6) is 0.937. The topological polar surface area (TPSA) is 55.0 Å². The minimum absolute atomic E-state index is 0.738. The first kappa shape index (κ1) is 13.1. The van der Waals surface area contributed by atoms with Crippen LogP contribution >= 0.6 is 0 Å². The molecule has 90 valence electrons. The normalized spacial score (nSPS) is 10.9. The Balaban J connectivity index is 2.22. The molecule has 0 fully saturated rings. The van der Waals surface area contributed by atoms with Crippen molar-refractivity contribution in [2.45, 2.75) is 26.2 Å². The van der Waals surface area contributed by atoms with Crippen LogP contribution in [0.1, 0.15) is 25.6 Å². The van der Waals surface area contributed by atoms with Crippen molar-refractivity contribution in [1.82, 2.24) is 14.9 Å². The van der Waals surface area contributed by atoms with Crippen LogP contribution in [-0.4, -0.2) is 41.0 Å². The third-order valence-electron chi connectivity index (χ3n) is 2.48. The van der Waals surface area contributed by atoms with Crippen LogP contribution in [0, 0.1) is 0 Å². The highest BCUT2D eigenvalue weighted by molar-refractivity contribution is 4.88. The van der Waals surface area contributed by atoms with Gasteiger partial charge in [-0.15, -0.1) is 0 Å². The summed E-state index contributed by atoms with van der Waals surface area (Å²) in [6.45, 7) is 6.14. The van der Waals surface area contributed by atoms with E-state index in [4.69, 9.17) is 5.73 Å². The van der Waals surface area contributed by atoms with Crippen molar-refractivity contribution in [3.63, 3.8) is 0 Å². The molecule has 0 unspecified atom stereocenters. The van der Waals surface area contributed by atoms with Gasteiger partial charge >= 0.3 is 0 Å². The zero-order valence-corrected chi connectivity index (χ0v) is 10.1. The van der Waals surface area contributed by atoms with Gasteiger partial charge in [0.15, 0.2) is 0 Å². The number of nitrogens with two attached hydrogens (primary N) is 1. The van der Waals surface area contributed by atoms with Crippen molar-refractivity contribution in [2.24, 2.45) is 5.73 Å². The fraction of sp³-hybridized carbons (Fsp3) is 0.667. The number of aromatic nitrogens is 2. The van der Waals surface area contributed by atoms with Gasteiger partial charge in [0, 0.05) is 31.9 Å². The average molecular weight is 222 g/mol. The summed E-state index contributed by atoms with van der Waals surface area (Å²) in [4.78, 5) is 10.8. The average Bonchev–Trinajstić information content (AvgIpc) is 2.31. The maximum atomic E-state index is 5.58. The van der Waals surface area contributed by atoms with Crippen LogP contribution < -0.4 is 5.73 Å². The molecule has 1 rings (SSSR count). The zero-order valence-electron chi connectivity index (χ0n) is 10.1. The van der Waals surface area contributed by atoms with Crippen molar-refractivity contribution in [2.75, 3.05) is 26.2 Å². The highest BCUT2D eigenvalue weighted by atomic mass is 15.1. The molecule has 16 heavy (non-hydrogen) atoms. The summed E-state index contributed by atoms with van der Waals surface area (Å²) in [7, 11) is 0. The molecular weight excluding hydrogens is 200 g/mol. The van der Waals surface area contributed by atoms with Gasteiger partial charge in [0.25, 0.3) is 0 Å². The third-order valence-corrected chi connectivity index (χ3v) is 2.48. The SMILES string of the molecule is CCCN(CCN)CCCc1ncccn1. The summed E-state index contributed by atoms with van der Waals surface area (Å²) < 4.78 is 0. The quantitative estimate of drug-likeness (QED) is 0.715. The molecule has 0 spiro atoms. The van der Waals surface area contributed by atoms with Crippen LogP contribution in [0.15, 0.2) is 18.5 Å². The van der Waals surface area contributed by atoms with Crippen molar-refractivity contribution in [1.29, 1.82) is 0 Å². The van der Waals surface area contributed by atoms with Crippen molar-refractivity contribution in [3.05, 3.63) is 24.3 Å². The monoisotopic (exact) mass is 222 g/mol. The molecule has 0 atom stereocenters. The molecule has 4 heteroatoms. The first-order valence-corrected chi connectivity index (χ1v) is 6.05. The fourth-order valence-electron chi connectivity index (χ4n) is 1.75. The largest absolute Gasteiger partial charge is 0.329 e. The minimum Gasteiger partial charge on any atom is -0.329 e. The molecule has 1 aromatic rings. The maximum Gasteiger partial charge on any atom is 0.128 e. The van der Waals surface area contributed by atoms with Gasteiger partial charge in [-0.1, -0.05) is 6.92 Å². The number of nitrogens with zero attached hydrogens (tertiary/aromatic N) is 3. The highest BCUT2D eigenvalue weighted by Crippen LogP contribution is 1.98. The van der Waals surface area contributed by atoms with Gasteiger partial charge in [-0.05, 0) is 32.0 Å². The summed E-state index contributed by atoms with van der Waals surface area (Å²) in [6.07, 6.45) is 6.83. The minimum atomic E-state index is 0.738. The van der Waals surface area contributed by atoms with Crippen molar-refractivity contribution in [3.8, 4) is 0 Å². The van der Waals surface area contributed by atoms with E-state index < -0.39 is 0 Å². The van der Waals surface area contributed by atoms with Crippen LogP contribution in [0.4, 0.5) is 0 Å². The molecule has 0 aliphatic carbocycles. The molecule has 4 nitrogen and oxygen atoms in total. The second-order valence-electron chi connectivity index (χ2n) is 3.90. The predicted octanol–water partition coefficient (Wildman–Crippen LogP) is 1.08. The van der Waals surface area contributed by atoms with Gasteiger partial charge < -0.3 is 10.6 Å². The van der Waals surface area contributed by atoms with Gasteiger partial charge in [-0.2, -0.15) is 0 Å². The van der Waals surface area contributed by atoms with E-state index in [2.05, 4.69) is 21.8 Å². The summed E-state index contributed by atoms with van der Waals surface area (Å²) in [5.41, 5.74) is 5.58. The highest BCUT2D eigenvalue weighted by Gasteiger charge is 2.02. The Kier molecular flexibility index (Phi) is 6.69. The Morgan fingerprint density at radius 1 is 1.19 bits per heavy atom. The molecule has 0 saturated carbocycles. The number of aryl methyl sites for hydroxylation is 1. The zero-order chi connectivity index (χ0) is 11.6. The lowest BCUT2D eigenvalue weighted by molar-refractivity contribution is 0.277. The lowest BCUT2D eigenvalue weighted by Gasteiger charge is -2.20. The summed E-state index contributed by atoms with van der Waals surface area (Å²) in [5, 5.41) is 0. The van der Waals surface area contributed by atoms with Crippen LogP contribution in [0.2, 0.25) is 0 Å². The molecule has 0 aliphatic heterocycles. The van der Waals surface area contributed by atoms with E-state index in [-0.39, 0.29) is 0 Å². The van der Waals surface area contributed by atoms with E-state index >= 15 is 0 Å². The van der Waals surface area contributed by atoms with Crippen LogP contribution in [0.3, 0.4) is 0 Å². The molecule has 1 heterocycles. The van der Waals surface area contributed by atoms with Gasteiger partial charge in [0.1, 0.15) is 5.82 Å². The van der Waals surface area contributed by atoms with E-state index in [1.165, 1.54) is 6.42 Å².